The third kappa shape index (κ3) is 8.87. The number of fused-ring (bicyclic) bond motifs is 1. The summed E-state index contributed by atoms with van der Waals surface area (Å²) in [4.78, 5) is 17.8. The molecule has 0 radical (unpaired) electrons. The van der Waals surface area contributed by atoms with Crippen molar-refractivity contribution in [3.63, 3.8) is 0 Å². The normalized spacial score (nSPS) is 15.2. The summed E-state index contributed by atoms with van der Waals surface area (Å²) < 4.78 is 46.9. The number of hydrogen-bond donors (Lipinski definition) is 0. The molecule has 4 rings (SSSR count). The predicted molar refractivity (Wildman–Crippen MR) is 171 cm³/mol. The molecule has 1 saturated heterocycles. The van der Waals surface area contributed by atoms with E-state index in [-0.39, 0.29) is 18.7 Å². The number of pyridine rings is 1. The Balaban J connectivity index is 1.65. The van der Waals surface area contributed by atoms with E-state index in [0.29, 0.717) is 56.7 Å². The highest BCUT2D eigenvalue weighted by Crippen LogP contribution is 2.34. The quantitative estimate of drug-likeness (QED) is 0.195. The maximum absolute atomic E-state index is 13.8. The SMILES string of the molecule is CCOc1ccc(-c2nn3ccc(C(=O)N(CCC(C)C)CCC(C)C)cc3c2/C=C/CN2CCC(C(F)(F)F)CC2)cc1. The van der Waals surface area contributed by atoms with Crippen LogP contribution in [0.15, 0.2) is 48.7 Å². The number of ether oxygens (including phenoxy) is 1. The Labute approximate surface area is 259 Å². The lowest BCUT2D eigenvalue weighted by Crippen LogP contribution is -2.38. The summed E-state index contributed by atoms with van der Waals surface area (Å²) in [7, 11) is 0. The van der Waals surface area contributed by atoms with E-state index < -0.39 is 12.1 Å². The second kappa shape index (κ2) is 15.1. The Morgan fingerprint density at radius 3 is 2.25 bits per heavy atom. The van der Waals surface area contributed by atoms with Crippen molar-refractivity contribution in [3.8, 4) is 17.0 Å². The Hall–Kier alpha value is -3.33. The number of likely N-dealkylation sites (tertiary alicyclic amines) is 1. The summed E-state index contributed by atoms with van der Waals surface area (Å²) in [6.07, 6.45) is 3.83. The molecule has 3 heterocycles. The smallest absolute Gasteiger partial charge is 0.391 e. The summed E-state index contributed by atoms with van der Waals surface area (Å²) >= 11 is 0. The average molecular weight is 613 g/mol. The zero-order chi connectivity index (χ0) is 31.9. The van der Waals surface area contributed by atoms with Crippen LogP contribution >= 0.6 is 0 Å². The molecule has 1 aliphatic rings. The van der Waals surface area contributed by atoms with Gasteiger partial charge in [-0.15, -0.1) is 0 Å². The van der Waals surface area contributed by atoms with Crippen LogP contribution in [0.4, 0.5) is 13.2 Å². The highest BCUT2D eigenvalue weighted by molar-refractivity contribution is 5.96. The van der Waals surface area contributed by atoms with Crippen LogP contribution in [0.2, 0.25) is 0 Å². The van der Waals surface area contributed by atoms with Gasteiger partial charge in [-0.1, -0.05) is 39.8 Å². The number of carbonyl (C=O) groups is 1. The molecule has 0 bridgehead atoms. The lowest BCUT2D eigenvalue weighted by atomic mass is 9.96. The molecule has 0 aliphatic carbocycles. The Kier molecular flexibility index (Phi) is 11.5. The number of rotatable bonds is 13. The highest BCUT2D eigenvalue weighted by Gasteiger charge is 2.40. The molecule has 0 saturated carbocycles. The molecule has 240 valence electrons. The van der Waals surface area contributed by atoms with E-state index in [0.717, 1.165) is 40.9 Å². The van der Waals surface area contributed by atoms with Gasteiger partial charge >= 0.3 is 6.18 Å². The van der Waals surface area contributed by atoms with Gasteiger partial charge in [0.1, 0.15) is 11.4 Å². The van der Waals surface area contributed by atoms with E-state index >= 15 is 0 Å². The molecule has 1 aliphatic heterocycles. The first-order chi connectivity index (χ1) is 21.0. The number of amides is 1. The van der Waals surface area contributed by atoms with Crippen molar-refractivity contribution in [2.45, 2.75) is 66.5 Å². The molecule has 1 aromatic carbocycles. The summed E-state index contributed by atoms with van der Waals surface area (Å²) in [5.41, 5.74) is 3.96. The fourth-order valence-corrected chi connectivity index (χ4v) is 5.54. The number of benzene rings is 1. The van der Waals surface area contributed by atoms with Crippen molar-refractivity contribution >= 4 is 17.5 Å². The fraction of sp³-hybridized carbons (Fsp3) is 0.543. The maximum Gasteiger partial charge on any atom is 0.391 e. The second-order valence-electron chi connectivity index (χ2n) is 12.6. The molecule has 0 unspecified atom stereocenters. The summed E-state index contributed by atoms with van der Waals surface area (Å²) in [5, 5.41) is 4.89. The third-order valence-electron chi connectivity index (χ3n) is 8.30. The molecule has 0 atom stereocenters. The molecule has 1 amide bonds. The van der Waals surface area contributed by atoms with Crippen molar-refractivity contribution in [2.75, 3.05) is 39.3 Å². The molecule has 3 aromatic rings. The van der Waals surface area contributed by atoms with E-state index in [4.69, 9.17) is 9.84 Å². The monoisotopic (exact) mass is 612 g/mol. The van der Waals surface area contributed by atoms with E-state index in [9.17, 15) is 18.0 Å². The minimum absolute atomic E-state index is 0.0140. The van der Waals surface area contributed by atoms with E-state index in [1.807, 2.05) is 66.6 Å². The van der Waals surface area contributed by atoms with Gasteiger partial charge in [0.2, 0.25) is 0 Å². The summed E-state index contributed by atoms with van der Waals surface area (Å²) in [6, 6.07) is 11.5. The standard InChI is InChI=1S/C35H47F3N4O2/c1-6-44-30-11-9-27(10-12-30)33-31(8-7-18-40-19-16-29(17-20-40)35(36,37)38)32-24-28(15-23-42(32)39-33)34(43)41(21-13-25(2)3)22-14-26(4)5/h7-12,15,23-26,29H,6,13-14,16-22H2,1-5H3/b8-7+. The van der Waals surface area contributed by atoms with E-state index in [1.165, 1.54) is 0 Å². The Bertz CT molecular complexity index is 1380. The van der Waals surface area contributed by atoms with Gasteiger partial charge in [0, 0.05) is 42.5 Å². The minimum Gasteiger partial charge on any atom is -0.494 e. The first-order valence-electron chi connectivity index (χ1n) is 16.0. The molecule has 6 nitrogen and oxygen atoms in total. The van der Waals surface area contributed by atoms with E-state index in [2.05, 4.69) is 32.6 Å². The van der Waals surface area contributed by atoms with Crippen LogP contribution in [0, 0.1) is 17.8 Å². The van der Waals surface area contributed by atoms with Crippen molar-refractivity contribution in [2.24, 2.45) is 17.8 Å². The van der Waals surface area contributed by atoms with Crippen LogP contribution in [0.3, 0.4) is 0 Å². The molecule has 2 aromatic heterocycles. The van der Waals surface area contributed by atoms with Crippen LogP contribution < -0.4 is 4.74 Å². The van der Waals surface area contributed by atoms with Crippen LogP contribution in [0.1, 0.15) is 76.2 Å². The Morgan fingerprint density at radius 1 is 1.05 bits per heavy atom. The van der Waals surface area contributed by atoms with Crippen molar-refractivity contribution in [1.29, 1.82) is 0 Å². The number of alkyl halides is 3. The molecule has 0 spiro atoms. The average Bonchev–Trinajstić information content (AvgIpc) is 3.34. The predicted octanol–water partition coefficient (Wildman–Crippen LogP) is 8.22. The number of carbonyl (C=O) groups excluding carboxylic acids is 1. The van der Waals surface area contributed by atoms with Gasteiger partial charge < -0.3 is 9.64 Å². The number of nitrogens with zero attached hydrogens (tertiary/aromatic N) is 4. The van der Waals surface area contributed by atoms with Gasteiger partial charge in [-0.05, 0) is 93.9 Å². The van der Waals surface area contributed by atoms with Gasteiger partial charge in [-0.2, -0.15) is 18.3 Å². The lowest BCUT2D eigenvalue weighted by Gasteiger charge is -2.32. The van der Waals surface area contributed by atoms with Crippen molar-refractivity contribution in [1.82, 2.24) is 19.4 Å². The largest absolute Gasteiger partial charge is 0.494 e. The molecular formula is C35H47F3N4O2. The van der Waals surface area contributed by atoms with E-state index in [1.54, 1.807) is 4.52 Å². The van der Waals surface area contributed by atoms with Crippen LogP contribution in [-0.4, -0.2) is 70.8 Å². The summed E-state index contributed by atoms with van der Waals surface area (Å²) in [6.45, 7) is 14.0. The van der Waals surface area contributed by atoms with Gasteiger partial charge in [0.15, 0.2) is 0 Å². The first kappa shape index (κ1) is 33.6. The van der Waals surface area contributed by atoms with Crippen LogP contribution in [-0.2, 0) is 0 Å². The Morgan fingerprint density at radius 2 is 1.68 bits per heavy atom. The first-order valence-corrected chi connectivity index (χ1v) is 16.0. The highest BCUT2D eigenvalue weighted by atomic mass is 19.4. The van der Waals surface area contributed by atoms with Gasteiger partial charge in [0.05, 0.1) is 18.0 Å². The van der Waals surface area contributed by atoms with Gasteiger partial charge in [0.25, 0.3) is 5.91 Å². The van der Waals surface area contributed by atoms with Crippen molar-refractivity contribution in [3.05, 3.63) is 59.8 Å². The van der Waals surface area contributed by atoms with Crippen LogP contribution in [0.5, 0.6) is 5.75 Å². The molecule has 0 N–H and O–H groups in total. The number of hydrogen-bond acceptors (Lipinski definition) is 4. The molecule has 1 fully saturated rings. The topological polar surface area (TPSA) is 50.1 Å². The van der Waals surface area contributed by atoms with Gasteiger partial charge in [-0.3, -0.25) is 9.69 Å². The van der Waals surface area contributed by atoms with Gasteiger partial charge in [-0.25, -0.2) is 4.52 Å². The third-order valence-corrected chi connectivity index (χ3v) is 8.30. The number of piperidine rings is 1. The number of halogens is 3. The lowest BCUT2D eigenvalue weighted by molar-refractivity contribution is -0.184. The zero-order valence-electron chi connectivity index (χ0n) is 26.7. The zero-order valence-corrected chi connectivity index (χ0v) is 26.7. The summed E-state index contributed by atoms with van der Waals surface area (Å²) in [5.74, 6) is 0.559. The fourth-order valence-electron chi connectivity index (χ4n) is 5.54. The second-order valence-corrected chi connectivity index (χ2v) is 12.6. The number of aromatic nitrogens is 2. The molecular weight excluding hydrogens is 565 g/mol. The molecule has 44 heavy (non-hydrogen) atoms. The molecule has 9 heteroatoms. The van der Waals surface area contributed by atoms with Crippen LogP contribution in [0.25, 0.3) is 22.9 Å². The maximum atomic E-state index is 13.8. The minimum atomic E-state index is -4.13. The van der Waals surface area contributed by atoms with Crippen molar-refractivity contribution < 1.29 is 22.7 Å².